The van der Waals surface area contributed by atoms with E-state index in [-0.39, 0.29) is 5.57 Å². The molecule has 1 aromatic carbocycles. The fourth-order valence-corrected chi connectivity index (χ4v) is 1.71. The van der Waals surface area contributed by atoms with Crippen molar-refractivity contribution in [3.8, 4) is 5.75 Å². The van der Waals surface area contributed by atoms with Crippen LogP contribution in [-0.2, 0) is 9.59 Å². The minimum atomic E-state index is -1.26. The molecule has 1 aliphatic rings. The Hall–Kier alpha value is -1.81. The van der Waals surface area contributed by atoms with E-state index in [1.54, 1.807) is 18.2 Å². The van der Waals surface area contributed by atoms with Crippen LogP contribution < -0.4 is 4.74 Å². The summed E-state index contributed by atoms with van der Waals surface area (Å²) in [7, 11) is 0. The van der Waals surface area contributed by atoms with Crippen LogP contribution in [0, 0.1) is 0 Å². The second-order valence-corrected chi connectivity index (χ2v) is 3.66. The number of hydrogen-bond donors (Lipinski definition) is 1. The molecular weight excluding hydrogens is 232 g/mol. The zero-order valence-electron chi connectivity index (χ0n) is 8.01. The lowest BCUT2D eigenvalue weighted by Crippen LogP contribution is -2.32. The van der Waals surface area contributed by atoms with Gasteiger partial charge in [-0.1, -0.05) is 17.7 Å². The van der Waals surface area contributed by atoms with Crippen LogP contribution in [0.25, 0.3) is 6.08 Å². The molecule has 0 amide bonds. The first-order chi connectivity index (χ1) is 7.63. The van der Waals surface area contributed by atoms with Gasteiger partial charge in [-0.15, -0.1) is 0 Å². The summed E-state index contributed by atoms with van der Waals surface area (Å²) < 4.78 is 5.19. The number of carbonyl (C=O) groups is 2. The van der Waals surface area contributed by atoms with E-state index in [1.807, 2.05) is 0 Å². The van der Waals surface area contributed by atoms with Crippen LogP contribution >= 0.6 is 11.6 Å². The number of carboxylic acid groups (broad SMARTS) is 1. The number of carboxylic acids is 1. The van der Waals surface area contributed by atoms with Crippen molar-refractivity contribution in [1.29, 1.82) is 0 Å². The summed E-state index contributed by atoms with van der Waals surface area (Å²) in [6, 6.07) is 4.90. The number of aldehydes is 1. The summed E-state index contributed by atoms with van der Waals surface area (Å²) in [5.74, 6) is -0.838. The Morgan fingerprint density at radius 1 is 1.50 bits per heavy atom. The predicted octanol–water partition coefficient (Wildman–Crippen LogP) is 1.77. The van der Waals surface area contributed by atoms with Gasteiger partial charge in [0.05, 0.1) is 5.02 Å². The third-order valence-electron chi connectivity index (χ3n) is 2.23. The summed E-state index contributed by atoms with van der Waals surface area (Å²) in [6.07, 6.45) is 0.640. The van der Waals surface area contributed by atoms with Gasteiger partial charge in [-0.3, -0.25) is 4.79 Å². The number of rotatable bonds is 2. The van der Waals surface area contributed by atoms with Crippen molar-refractivity contribution >= 4 is 29.9 Å². The van der Waals surface area contributed by atoms with E-state index >= 15 is 0 Å². The minimum Gasteiger partial charge on any atom is -0.478 e. The first-order valence-corrected chi connectivity index (χ1v) is 4.86. The van der Waals surface area contributed by atoms with Crippen molar-refractivity contribution < 1.29 is 19.4 Å². The molecule has 1 heterocycles. The molecule has 1 aromatic rings. The fraction of sp³-hybridized carbons (Fsp3) is 0.0909. The molecule has 5 heteroatoms. The summed E-state index contributed by atoms with van der Waals surface area (Å²) in [4.78, 5) is 21.6. The van der Waals surface area contributed by atoms with Crippen molar-refractivity contribution in [3.63, 3.8) is 0 Å². The molecule has 16 heavy (non-hydrogen) atoms. The van der Waals surface area contributed by atoms with E-state index in [0.717, 1.165) is 0 Å². The number of carbonyl (C=O) groups excluding carboxylic acids is 1. The molecule has 1 atom stereocenters. The maximum absolute atomic E-state index is 10.9. The predicted molar refractivity (Wildman–Crippen MR) is 57.5 cm³/mol. The second kappa shape index (κ2) is 3.98. The van der Waals surface area contributed by atoms with Gasteiger partial charge in [-0.05, 0) is 18.2 Å². The quantitative estimate of drug-likeness (QED) is 0.798. The summed E-state index contributed by atoms with van der Waals surface area (Å²) in [6.45, 7) is 0. The molecule has 0 saturated heterocycles. The Morgan fingerprint density at radius 2 is 2.25 bits per heavy atom. The standard InChI is InChI=1S/C11H7ClO4/c12-8-2-1-3-9-7(8)4-6(5-13)10(16-9)11(14)15/h1-5,10H,(H,14,15). The van der Waals surface area contributed by atoms with E-state index in [2.05, 4.69) is 0 Å². The molecular formula is C11H7ClO4. The van der Waals surface area contributed by atoms with Gasteiger partial charge >= 0.3 is 5.97 Å². The molecule has 4 nitrogen and oxygen atoms in total. The van der Waals surface area contributed by atoms with E-state index in [9.17, 15) is 9.59 Å². The van der Waals surface area contributed by atoms with Crippen LogP contribution in [-0.4, -0.2) is 23.5 Å². The maximum Gasteiger partial charge on any atom is 0.349 e. The van der Waals surface area contributed by atoms with Gasteiger partial charge in [0.1, 0.15) is 12.0 Å². The smallest absolute Gasteiger partial charge is 0.349 e. The summed E-state index contributed by atoms with van der Waals surface area (Å²) in [5.41, 5.74) is 0.580. The van der Waals surface area contributed by atoms with E-state index in [1.165, 1.54) is 6.08 Å². The SMILES string of the molecule is O=CC1=Cc2c(Cl)cccc2OC1C(=O)O. The molecule has 2 rings (SSSR count). The van der Waals surface area contributed by atoms with E-state index < -0.39 is 12.1 Å². The third-order valence-corrected chi connectivity index (χ3v) is 2.56. The number of ether oxygens (including phenoxy) is 1. The number of aliphatic carboxylic acids is 1. The molecule has 1 N–H and O–H groups in total. The van der Waals surface area contributed by atoms with Crippen molar-refractivity contribution in [3.05, 3.63) is 34.4 Å². The van der Waals surface area contributed by atoms with Crippen LogP contribution in [0.15, 0.2) is 23.8 Å². The first kappa shape index (κ1) is 10.7. The fourth-order valence-electron chi connectivity index (χ4n) is 1.49. The first-order valence-electron chi connectivity index (χ1n) is 4.48. The highest BCUT2D eigenvalue weighted by Crippen LogP contribution is 2.33. The van der Waals surface area contributed by atoms with Crippen molar-refractivity contribution in [2.75, 3.05) is 0 Å². The maximum atomic E-state index is 10.9. The lowest BCUT2D eigenvalue weighted by Gasteiger charge is -2.22. The Morgan fingerprint density at radius 3 is 2.88 bits per heavy atom. The summed E-state index contributed by atoms with van der Waals surface area (Å²) >= 11 is 5.90. The van der Waals surface area contributed by atoms with Gasteiger partial charge in [0.15, 0.2) is 0 Å². The zero-order valence-corrected chi connectivity index (χ0v) is 8.77. The number of hydrogen-bond acceptors (Lipinski definition) is 3. The van der Waals surface area contributed by atoms with Gasteiger partial charge < -0.3 is 9.84 Å². The molecule has 0 radical (unpaired) electrons. The topological polar surface area (TPSA) is 63.6 Å². The molecule has 0 fully saturated rings. The van der Waals surface area contributed by atoms with Crippen LogP contribution in [0.5, 0.6) is 5.75 Å². The van der Waals surface area contributed by atoms with Crippen LogP contribution in [0.4, 0.5) is 0 Å². The van der Waals surface area contributed by atoms with E-state index in [0.29, 0.717) is 22.6 Å². The number of halogens is 1. The lowest BCUT2D eigenvalue weighted by molar-refractivity contribution is -0.143. The largest absolute Gasteiger partial charge is 0.478 e. The zero-order chi connectivity index (χ0) is 11.7. The van der Waals surface area contributed by atoms with Gasteiger partial charge in [-0.25, -0.2) is 4.79 Å². The Kier molecular flexibility index (Phi) is 2.66. The Balaban J connectivity index is 2.55. The molecule has 0 bridgehead atoms. The highest BCUT2D eigenvalue weighted by atomic mass is 35.5. The third kappa shape index (κ3) is 1.67. The highest BCUT2D eigenvalue weighted by molar-refractivity contribution is 6.32. The molecule has 82 valence electrons. The van der Waals surface area contributed by atoms with Gasteiger partial charge in [-0.2, -0.15) is 0 Å². The molecule has 0 aromatic heterocycles. The molecule has 1 aliphatic heterocycles. The normalized spacial score (nSPS) is 18.1. The molecule has 0 spiro atoms. The van der Waals surface area contributed by atoms with E-state index in [4.69, 9.17) is 21.4 Å². The number of benzene rings is 1. The van der Waals surface area contributed by atoms with Crippen LogP contribution in [0.3, 0.4) is 0 Å². The summed E-state index contributed by atoms with van der Waals surface area (Å²) in [5, 5.41) is 9.29. The average molecular weight is 239 g/mol. The van der Waals surface area contributed by atoms with Gasteiger partial charge in [0, 0.05) is 11.1 Å². The van der Waals surface area contributed by atoms with Crippen molar-refractivity contribution in [2.24, 2.45) is 0 Å². The highest BCUT2D eigenvalue weighted by Gasteiger charge is 2.29. The molecule has 0 aliphatic carbocycles. The molecule has 0 saturated carbocycles. The lowest BCUT2D eigenvalue weighted by atomic mass is 10.0. The minimum absolute atomic E-state index is 0.0492. The van der Waals surface area contributed by atoms with Crippen LogP contribution in [0.1, 0.15) is 5.56 Å². The monoisotopic (exact) mass is 238 g/mol. The van der Waals surface area contributed by atoms with Gasteiger partial charge in [0.2, 0.25) is 6.10 Å². The number of fused-ring (bicyclic) bond motifs is 1. The van der Waals surface area contributed by atoms with Crippen molar-refractivity contribution in [2.45, 2.75) is 6.10 Å². The van der Waals surface area contributed by atoms with Crippen molar-refractivity contribution in [1.82, 2.24) is 0 Å². The molecule has 1 unspecified atom stereocenters. The van der Waals surface area contributed by atoms with Gasteiger partial charge in [0.25, 0.3) is 0 Å². The van der Waals surface area contributed by atoms with Crippen LogP contribution in [0.2, 0.25) is 5.02 Å². The Bertz CT molecular complexity index is 493. The second-order valence-electron chi connectivity index (χ2n) is 3.25. The Labute approximate surface area is 96.1 Å². The average Bonchev–Trinajstić information content (AvgIpc) is 2.28.